The summed E-state index contributed by atoms with van der Waals surface area (Å²) in [7, 11) is 0. The van der Waals surface area contributed by atoms with E-state index < -0.39 is 17.7 Å². The average Bonchev–Trinajstić information content (AvgIpc) is 3.26. The van der Waals surface area contributed by atoms with Crippen molar-refractivity contribution in [2.45, 2.75) is 26.4 Å². The fraction of sp³-hybridized carbons (Fsp3) is 0.174. The van der Waals surface area contributed by atoms with E-state index in [9.17, 15) is 14.7 Å². The van der Waals surface area contributed by atoms with Crippen LogP contribution in [0.2, 0.25) is 0 Å². The van der Waals surface area contributed by atoms with Gasteiger partial charge in [0.05, 0.1) is 17.8 Å². The third kappa shape index (κ3) is 3.59. The Morgan fingerprint density at radius 3 is 2.60 bits per heavy atom. The van der Waals surface area contributed by atoms with Gasteiger partial charge in [-0.15, -0.1) is 11.3 Å². The maximum absolute atomic E-state index is 13.1. The highest BCUT2D eigenvalue weighted by Crippen LogP contribution is 2.43. The minimum absolute atomic E-state index is 0.114. The average molecular weight is 483 g/mol. The molecule has 1 amide bonds. The minimum Gasteiger partial charge on any atom is -0.507 e. The zero-order valence-corrected chi connectivity index (χ0v) is 18.8. The molecule has 1 aromatic carbocycles. The Morgan fingerprint density at radius 2 is 1.97 bits per heavy atom. The number of halogens is 1. The second kappa shape index (κ2) is 8.16. The van der Waals surface area contributed by atoms with Gasteiger partial charge in [-0.3, -0.25) is 14.6 Å². The summed E-state index contributed by atoms with van der Waals surface area (Å²) in [4.78, 5) is 32.7. The zero-order chi connectivity index (χ0) is 21.4. The van der Waals surface area contributed by atoms with Crippen LogP contribution in [0, 0.1) is 13.8 Å². The fourth-order valence-electron chi connectivity index (χ4n) is 3.59. The van der Waals surface area contributed by atoms with Crippen molar-refractivity contribution >= 4 is 44.7 Å². The molecular formula is C23H19BrN2O3S. The first-order chi connectivity index (χ1) is 14.4. The number of amides is 1. The second-order valence-corrected chi connectivity index (χ2v) is 8.98. The summed E-state index contributed by atoms with van der Waals surface area (Å²) in [5.41, 5.74) is 3.19. The molecule has 1 aliphatic rings. The van der Waals surface area contributed by atoms with Crippen LogP contribution in [0.15, 0.2) is 64.1 Å². The maximum atomic E-state index is 13.1. The molecule has 152 valence electrons. The van der Waals surface area contributed by atoms with Crippen LogP contribution in [0.1, 0.15) is 33.3 Å². The van der Waals surface area contributed by atoms with E-state index in [1.54, 1.807) is 24.4 Å². The third-order valence-corrected chi connectivity index (χ3v) is 7.14. The number of ketones is 1. The lowest BCUT2D eigenvalue weighted by atomic mass is 9.97. The Hall–Kier alpha value is -2.77. The van der Waals surface area contributed by atoms with E-state index in [4.69, 9.17) is 0 Å². The Labute approximate surface area is 186 Å². The first-order valence-electron chi connectivity index (χ1n) is 9.37. The zero-order valence-electron chi connectivity index (χ0n) is 16.4. The predicted molar refractivity (Wildman–Crippen MR) is 120 cm³/mol. The number of carbonyl (C=O) groups excluding carboxylic acids is 2. The first-order valence-corrected chi connectivity index (χ1v) is 11.0. The van der Waals surface area contributed by atoms with Gasteiger partial charge in [-0.2, -0.15) is 0 Å². The van der Waals surface area contributed by atoms with Gasteiger partial charge in [-0.05, 0) is 60.7 Å². The molecule has 3 heterocycles. The highest BCUT2D eigenvalue weighted by atomic mass is 79.9. The number of Topliss-reactive ketones (excluding diaryl/α,β-unsaturated/α-hetero) is 1. The van der Waals surface area contributed by atoms with Crippen LogP contribution in [0.25, 0.3) is 5.76 Å². The lowest BCUT2D eigenvalue weighted by Gasteiger charge is -2.24. The van der Waals surface area contributed by atoms with Crippen LogP contribution in [-0.4, -0.2) is 26.7 Å². The Balaban J connectivity index is 1.87. The fourth-order valence-corrected chi connectivity index (χ4v) is 4.89. The van der Waals surface area contributed by atoms with Gasteiger partial charge in [0.15, 0.2) is 0 Å². The summed E-state index contributed by atoms with van der Waals surface area (Å²) < 4.78 is 0.903. The molecule has 3 aromatic rings. The third-order valence-electron chi connectivity index (χ3n) is 5.18. The summed E-state index contributed by atoms with van der Waals surface area (Å²) >= 11 is 4.92. The molecule has 1 unspecified atom stereocenters. The number of carbonyl (C=O) groups is 2. The highest BCUT2D eigenvalue weighted by molar-refractivity contribution is 9.10. The summed E-state index contributed by atoms with van der Waals surface area (Å²) in [6.45, 7) is 4.03. The van der Waals surface area contributed by atoms with Gasteiger partial charge < -0.3 is 10.0 Å². The molecule has 1 N–H and O–H groups in total. The molecular weight excluding hydrogens is 464 g/mol. The topological polar surface area (TPSA) is 70.5 Å². The van der Waals surface area contributed by atoms with Crippen LogP contribution in [-0.2, 0) is 16.1 Å². The van der Waals surface area contributed by atoms with Crippen LogP contribution in [0.4, 0.5) is 0 Å². The molecule has 0 aliphatic carbocycles. The van der Waals surface area contributed by atoms with E-state index >= 15 is 0 Å². The molecule has 30 heavy (non-hydrogen) atoms. The Morgan fingerprint density at radius 1 is 1.17 bits per heavy atom. The van der Waals surface area contributed by atoms with Crippen LogP contribution in [0.5, 0.6) is 0 Å². The van der Waals surface area contributed by atoms with E-state index in [1.807, 2.05) is 43.5 Å². The van der Waals surface area contributed by atoms with Gasteiger partial charge in [-0.1, -0.05) is 28.1 Å². The Bertz CT molecular complexity index is 1170. The molecule has 0 saturated carbocycles. The van der Waals surface area contributed by atoms with Crippen molar-refractivity contribution < 1.29 is 14.7 Å². The van der Waals surface area contributed by atoms with Crippen molar-refractivity contribution in [3.05, 3.63) is 91.3 Å². The normalized spacial score (nSPS) is 18.2. The molecule has 0 spiro atoms. The van der Waals surface area contributed by atoms with Crippen molar-refractivity contribution in [2.24, 2.45) is 0 Å². The molecule has 1 fully saturated rings. The van der Waals surface area contributed by atoms with Crippen molar-refractivity contribution in [2.75, 3.05) is 0 Å². The second-order valence-electron chi connectivity index (χ2n) is 7.18. The van der Waals surface area contributed by atoms with E-state index in [0.717, 1.165) is 20.5 Å². The van der Waals surface area contributed by atoms with E-state index in [1.165, 1.54) is 16.2 Å². The number of pyridine rings is 1. The minimum atomic E-state index is -0.679. The number of aromatic nitrogens is 1. The summed E-state index contributed by atoms with van der Waals surface area (Å²) in [6, 6.07) is 12.1. The predicted octanol–water partition coefficient (Wildman–Crippen LogP) is 5.14. The van der Waals surface area contributed by atoms with Crippen LogP contribution < -0.4 is 0 Å². The molecule has 1 atom stereocenters. The molecule has 1 saturated heterocycles. The van der Waals surface area contributed by atoms with Crippen LogP contribution >= 0.6 is 27.3 Å². The molecule has 0 bridgehead atoms. The largest absolute Gasteiger partial charge is 0.507 e. The van der Waals surface area contributed by atoms with E-state index in [-0.39, 0.29) is 17.9 Å². The number of benzene rings is 1. The smallest absolute Gasteiger partial charge is 0.296 e. The summed E-state index contributed by atoms with van der Waals surface area (Å²) in [6.07, 6.45) is 1.65. The van der Waals surface area contributed by atoms with Gasteiger partial charge in [0.25, 0.3) is 11.7 Å². The number of hydrogen-bond donors (Lipinski definition) is 1. The molecule has 1 aliphatic heterocycles. The van der Waals surface area contributed by atoms with Gasteiger partial charge >= 0.3 is 0 Å². The molecule has 7 heteroatoms. The SMILES string of the molecule is Cc1cc(/C(O)=C2/C(=O)C(=O)N(Cc3ccccn3)C2c2sccc2C)ccc1Br. The number of nitrogens with zero attached hydrogens (tertiary/aromatic N) is 2. The van der Waals surface area contributed by atoms with Gasteiger partial charge in [0, 0.05) is 21.1 Å². The van der Waals surface area contributed by atoms with Gasteiger partial charge in [0.2, 0.25) is 0 Å². The number of aliphatic hydroxyl groups excluding tert-OH is 1. The number of hydrogen-bond acceptors (Lipinski definition) is 5. The summed E-state index contributed by atoms with van der Waals surface area (Å²) in [5.74, 6) is -1.47. The van der Waals surface area contributed by atoms with Gasteiger partial charge in [0.1, 0.15) is 11.8 Å². The number of aliphatic hydroxyl groups is 1. The molecule has 2 aromatic heterocycles. The molecule has 4 rings (SSSR count). The summed E-state index contributed by atoms with van der Waals surface area (Å²) in [5, 5.41) is 13.0. The Kier molecular flexibility index (Phi) is 5.58. The molecule has 0 radical (unpaired) electrons. The number of rotatable bonds is 4. The number of likely N-dealkylation sites (tertiary alicyclic amines) is 1. The highest BCUT2D eigenvalue weighted by Gasteiger charge is 2.47. The van der Waals surface area contributed by atoms with Crippen LogP contribution in [0.3, 0.4) is 0 Å². The lowest BCUT2D eigenvalue weighted by Crippen LogP contribution is -2.29. The standard InChI is InChI=1S/C23H19BrN2O3S/c1-13-8-10-30-22(13)19-18(20(27)15-6-7-17(24)14(2)11-15)21(28)23(29)26(19)12-16-5-3-4-9-25-16/h3-11,19,27H,12H2,1-2H3/b20-18-. The first kappa shape index (κ1) is 20.5. The quantitative estimate of drug-likeness (QED) is 0.317. The number of aryl methyl sites for hydroxylation is 2. The lowest BCUT2D eigenvalue weighted by molar-refractivity contribution is -0.140. The number of thiophene rings is 1. The van der Waals surface area contributed by atoms with Gasteiger partial charge in [-0.25, -0.2) is 0 Å². The van der Waals surface area contributed by atoms with Crippen molar-refractivity contribution in [3.8, 4) is 0 Å². The van der Waals surface area contributed by atoms with Crippen molar-refractivity contribution in [1.29, 1.82) is 0 Å². The van der Waals surface area contributed by atoms with E-state index in [2.05, 4.69) is 20.9 Å². The maximum Gasteiger partial charge on any atom is 0.296 e. The van der Waals surface area contributed by atoms with E-state index in [0.29, 0.717) is 11.3 Å². The van der Waals surface area contributed by atoms with Crippen molar-refractivity contribution in [3.63, 3.8) is 0 Å². The monoisotopic (exact) mass is 482 g/mol. The molecule has 5 nitrogen and oxygen atoms in total. The van der Waals surface area contributed by atoms with Crippen molar-refractivity contribution in [1.82, 2.24) is 9.88 Å².